The van der Waals surface area contributed by atoms with E-state index < -0.39 is 16.0 Å². The zero-order chi connectivity index (χ0) is 27.1. The monoisotopic (exact) mass is 544 g/mol. The van der Waals surface area contributed by atoms with Gasteiger partial charge in [0, 0.05) is 24.0 Å². The number of benzene rings is 2. The Morgan fingerprint density at radius 3 is 2.51 bits per heavy atom. The van der Waals surface area contributed by atoms with E-state index in [4.69, 9.17) is 14.1 Å². The average molecular weight is 545 g/mol. The number of fused-ring (bicyclic) bond motifs is 2. The highest BCUT2D eigenvalue weighted by atomic mass is 32.2. The third-order valence-electron chi connectivity index (χ3n) is 7.32. The highest BCUT2D eigenvalue weighted by Crippen LogP contribution is 2.39. The van der Waals surface area contributed by atoms with Gasteiger partial charge in [-0.25, -0.2) is 18.2 Å². The van der Waals surface area contributed by atoms with E-state index in [1.807, 2.05) is 42.5 Å². The Morgan fingerprint density at radius 2 is 1.77 bits per heavy atom. The molecule has 8 nitrogen and oxygen atoms in total. The van der Waals surface area contributed by atoms with Gasteiger partial charge in [0.1, 0.15) is 11.5 Å². The number of hydrogen-bond donors (Lipinski definition) is 1. The number of hydrogen-bond acceptors (Lipinski definition) is 6. The summed E-state index contributed by atoms with van der Waals surface area (Å²) in [4.78, 5) is 17.4. The van der Waals surface area contributed by atoms with Crippen LogP contribution in [0.4, 0.5) is 0 Å². The molecule has 0 spiro atoms. The minimum atomic E-state index is -3.57. The van der Waals surface area contributed by atoms with Crippen molar-refractivity contribution >= 4 is 38.5 Å². The second-order valence-corrected chi connectivity index (χ2v) is 12.0. The Hall–Kier alpha value is -3.79. The lowest BCUT2D eigenvalue weighted by Crippen LogP contribution is -2.40. The largest absolute Gasteiger partial charge is 0.478 e. The molecule has 2 aromatic carbocycles. The van der Waals surface area contributed by atoms with Crippen LogP contribution >= 0.6 is 0 Å². The van der Waals surface area contributed by atoms with Crippen molar-refractivity contribution in [2.45, 2.75) is 24.7 Å². The highest BCUT2D eigenvalue weighted by Gasteiger charge is 2.29. The van der Waals surface area contributed by atoms with E-state index >= 15 is 0 Å². The van der Waals surface area contributed by atoms with Crippen LogP contribution in [0.1, 0.15) is 40.7 Å². The third kappa shape index (κ3) is 4.78. The van der Waals surface area contributed by atoms with Gasteiger partial charge in [-0.3, -0.25) is 0 Å². The Kier molecular flexibility index (Phi) is 6.58. The van der Waals surface area contributed by atoms with Crippen LogP contribution < -0.4 is 0 Å². The van der Waals surface area contributed by atoms with Crippen molar-refractivity contribution in [2.75, 3.05) is 26.3 Å². The molecule has 6 rings (SSSR count). The highest BCUT2D eigenvalue weighted by molar-refractivity contribution is 7.89. The molecule has 4 aromatic rings. The summed E-state index contributed by atoms with van der Waals surface area (Å²) in [6, 6.07) is 17.7. The van der Waals surface area contributed by atoms with Crippen LogP contribution in [0, 0.1) is 5.92 Å². The maximum absolute atomic E-state index is 12.9. The fraction of sp³-hybridized carbons (Fsp3) is 0.267. The molecule has 1 aliphatic heterocycles. The summed E-state index contributed by atoms with van der Waals surface area (Å²) in [6.07, 6.45) is 3.33. The summed E-state index contributed by atoms with van der Waals surface area (Å²) in [5.74, 6) is 0.536. The van der Waals surface area contributed by atoms with Gasteiger partial charge in [0.2, 0.25) is 10.0 Å². The molecule has 3 heterocycles. The van der Waals surface area contributed by atoms with Gasteiger partial charge in [0.05, 0.1) is 34.9 Å². The lowest BCUT2D eigenvalue weighted by atomic mass is 9.81. The number of carbonyl (C=O) groups is 1. The van der Waals surface area contributed by atoms with Crippen LogP contribution in [0.25, 0.3) is 33.9 Å². The molecule has 1 fully saturated rings. The fourth-order valence-electron chi connectivity index (χ4n) is 5.46. The van der Waals surface area contributed by atoms with Gasteiger partial charge in [-0.15, -0.1) is 0 Å². The SMILES string of the molecule is C[C@H]1C/C(=C\c2ccc(-c3ccc(S(=O)(=O)N4CCOCC4)cc3)o2)c2nc3ccccc3c(C(=O)O)c2C1. The first-order valence-electron chi connectivity index (χ1n) is 13.0. The number of carboxylic acids is 1. The van der Waals surface area contributed by atoms with Crippen LogP contribution in [-0.4, -0.2) is 55.1 Å². The van der Waals surface area contributed by atoms with Gasteiger partial charge >= 0.3 is 5.97 Å². The van der Waals surface area contributed by atoms with Crippen LogP contribution in [0.15, 0.2) is 70.0 Å². The number of morpholine rings is 1. The van der Waals surface area contributed by atoms with E-state index in [-0.39, 0.29) is 10.8 Å². The van der Waals surface area contributed by atoms with Gasteiger partial charge in [-0.05, 0) is 78.4 Å². The number of carboxylic acid groups (broad SMARTS) is 1. The molecule has 0 amide bonds. The molecule has 0 unspecified atom stereocenters. The van der Waals surface area contributed by atoms with Gasteiger partial charge in [-0.2, -0.15) is 4.31 Å². The second kappa shape index (κ2) is 10.1. The molecule has 0 saturated carbocycles. The van der Waals surface area contributed by atoms with Crippen LogP contribution in [0.3, 0.4) is 0 Å². The Labute approximate surface area is 226 Å². The van der Waals surface area contributed by atoms with E-state index in [0.29, 0.717) is 66.4 Å². The lowest BCUT2D eigenvalue weighted by Gasteiger charge is -2.26. The van der Waals surface area contributed by atoms with E-state index in [0.717, 1.165) is 23.1 Å². The predicted molar refractivity (Wildman–Crippen MR) is 148 cm³/mol. The van der Waals surface area contributed by atoms with Gasteiger partial charge in [0.15, 0.2) is 0 Å². The number of pyridine rings is 1. The summed E-state index contributed by atoms with van der Waals surface area (Å²) >= 11 is 0. The van der Waals surface area contributed by atoms with Crippen molar-refractivity contribution in [3.05, 3.63) is 83.2 Å². The van der Waals surface area contributed by atoms with Crippen molar-refractivity contribution in [1.82, 2.24) is 9.29 Å². The molecule has 1 saturated heterocycles. The zero-order valence-electron chi connectivity index (χ0n) is 21.5. The van der Waals surface area contributed by atoms with Gasteiger partial charge < -0.3 is 14.3 Å². The first-order valence-corrected chi connectivity index (χ1v) is 14.4. The minimum absolute atomic E-state index is 0.238. The first-order chi connectivity index (χ1) is 18.8. The predicted octanol–water partition coefficient (Wildman–Crippen LogP) is 5.34. The molecular weight excluding hydrogens is 516 g/mol. The minimum Gasteiger partial charge on any atom is -0.478 e. The molecule has 9 heteroatoms. The van der Waals surface area contributed by atoms with Crippen LogP contribution in [-0.2, 0) is 21.2 Å². The summed E-state index contributed by atoms with van der Waals surface area (Å²) in [6.45, 7) is 3.60. The molecule has 39 heavy (non-hydrogen) atoms. The number of sulfonamides is 1. The van der Waals surface area contributed by atoms with Crippen molar-refractivity contribution in [2.24, 2.45) is 5.92 Å². The Bertz CT molecular complexity index is 1700. The number of nitrogens with zero attached hydrogens (tertiary/aromatic N) is 2. The summed E-state index contributed by atoms with van der Waals surface area (Å²) in [5, 5.41) is 10.7. The van der Waals surface area contributed by atoms with E-state index in [9.17, 15) is 18.3 Å². The molecule has 1 aliphatic carbocycles. The topological polar surface area (TPSA) is 110 Å². The van der Waals surface area contributed by atoms with Gasteiger partial charge in [0.25, 0.3) is 0 Å². The molecule has 200 valence electrons. The maximum Gasteiger partial charge on any atom is 0.336 e. The van der Waals surface area contributed by atoms with Crippen LogP contribution in [0.2, 0.25) is 0 Å². The fourth-order valence-corrected chi connectivity index (χ4v) is 6.87. The second-order valence-electron chi connectivity index (χ2n) is 10.1. The summed E-state index contributed by atoms with van der Waals surface area (Å²) in [7, 11) is -3.57. The molecule has 1 atom stereocenters. The molecule has 0 bridgehead atoms. The first kappa shape index (κ1) is 25.5. The average Bonchev–Trinajstić information content (AvgIpc) is 3.41. The Balaban J connectivity index is 1.32. The standard InChI is InChI=1S/C30H28N2O6S/c1-19-16-21(29-25(17-19)28(30(33)34)24-4-2-3-5-26(24)31-29)18-22-8-11-27(38-22)20-6-9-23(10-7-20)39(35,36)32-12-14-37-15-13-32/h2-11,18-19H,12-17H2,1H3,(H,33,34)/b21-18+/t19-/m0/s1. The number of para-hydroxylation sites is 1. The van der Waals surface area contributed by atoms with Gasteiger partial charge in [-0.1, -0.05) is 25.1 Å². The normalized spacial score (nSPS) is 19.3. The number of rotatable bonds is 5. The maximum atomic E-state index is 12.9. The molecule has 0 radical (unpaired) electrons. The molecule has 1 N–H and O–H groups in total. The zero-order valence-corrected chi connectivity index (χ0v) is 22.3. The number of aromatic nitrogens is 1. The number of aromatic carboxylic acids is 1. The van der Waals surface area contributed by atoms with Crippen molar-refractivity contribution in [1.29, 1.82) is 0 Å². The Morgan fingerprint density at radius 1 is 1.03 bits per heavy atom. The molecular formula is C30H28N2O6S. The van der Waals surface area contributed by atoms with Crippen molar-refractivity contribution < 1.29 is 27.5 Å². The van der Waals surface area contributed by atoms with E-state index in [2.05, 4.69) is 6.92 Å². The quantitative estimate of drug-likeness (QED) is 0.361. The summed E-state index contributed by atoms with van der Waals surface area (Å²) < 4.78 is 38.7. The summed E-state index contributed by atoms with van der Waals surface area (Å²) in [5.41, 5.74) is 4.14. The molecule has 2 aromatic heterocycles. The number of ether oxygens (including phenoxy) is 1. The van der Waals surface area contributed by atoms with Crippen molar-refractivity contribution in [3.63, 3.8) is 0 Å². The van der Waals surface area contributed by atoms with Crippen LogP contribution in [0.5, 0.6) is 0 Å². The van der Waals surface area contributed by atoms with E-state index in [1.165, 1.54) is 4.31 Å². The smallest absolute Gasteiger partial charge is 0.336 e. The molecule has 2 aliphatic rings. The number of allylic oxidation sites excluding steroid dienone is 1. The number of furan rings is 1. The third-order valence-corrected chi connectivity index (χ3v) is 9.24. The lowest BCUT2D eigenvalue weighted by molar-refractivity contribution is 0.0697. The van der Waals surface area contributed by atoms with E-state index in [1.54, 1.807) is 24.3 Å². The van der Waals surface area contributed by atoms with Crippen molar-refractivity contribution in [3.8, 4) is 11.3 Å².